The number of hydrogen-bond acceptors (Lipinski definition) is 6. The average Bonchev–Trinajstić information content (AvgIpc) is 3.11. The Morgan fingerprint density at radius 3 is 2.90 bits per heavy atom. The Labute approximate surface area is 122 Å². The predicted octanol–water partition coefficient (Wildman–Crippen LogP) is 2.99. The second-order valence-electron chi connectivity index (χ2n) is 4.24. The number of hydrogen-bond donors (Lipinski definition) is 1. The van der Waals surface area contributed by atoms with Crippen molar-refractivity contribution in [2.24, 2.45) is 0 Å². The molecule has 0 aliphatic heterocycles. The van der Waals surface area contributed by atoms with Crippen molar-refractivity contribution < 1.29 is 14.5 Å². The Morgan fingerprint density at radius 2 is 2.24 bits per heavy atom. The minimum atomic E-state index is -0.438. The molecule has 0 radical (unpaired) electrons. The summed E-state index contributed by atoms with van der Waals surface area (Å²) in [6.45, 7) is 0. The van der Waals surface area contributed by atoms with Crippen LogP contribution in [0, 0.1) is 10.1 Å². The van der Waals surface area contributed by atoms with Gasteiger partial charge in [0, 0.05) is 17.0 Å². The normalized spacial score (nSPS) is 10.7. The molecule has 2 heterocycles. The van der Waals surface area contributed by atoms with E-state index in [0.29, 0.717) is 28.0 Å². The lowest BCUT2D eigenvalue weighted by Crippen LogP contribution is -2.00. The number of aromatic nitrogens is 2. The van der Waals surface area contributed by atoms with Gasteiger partial charge in [-0.05, 0) is 18.2 Å². The van der Waals surface area contributed by atoms with Gasteiger partial charge in [-0.15, -0.1) is 0 Å². The molecule has 0 saturated carbocycles. The Hall–Kier alpha value is -2.74. The van der Waals surface area contributed by atoms with Crippen molar-refractivity contribution in [3.63, 3.8) is 0 Å². The number of methoxy groups -OCH3 is 1. The van der Waals surface area contributed by atoms with Gasteiger partial charge in [-0.25, -0.2) is 9.78 Å². The lowest BCUT2D eigenvalue weighted by atomic mass is 10.2. The zero-order valence-corrected chi connectivity index (χ0v) is 11.6. The molecule has 2 aromatic heterocycles. The van der Waals surface area contributed by atoms with Crippen LogP contribution in [0.1, 0.15) is 10.4 Å². The number of carbonyl (C=O) groups excluding carboxylic acids is 1. The smallest absolute Gasteiger partial charge is 0.337 e. The van der Waals surface area contributed by atoms with Crippen LogP contribution < -0.4 is 0 Å². The number of esters is 1. The third-order valence-corrected chi connectivity index (χ3v) is 3.82. The molecule has 0 atom stereocenters. The summed E-state index contributed by atoms with van der Waals surface area (Å²) in [5, 5.41) is 12.4. The van der Waals surface area contributed by atoms with E-state index in [-0.39, 0.29) is 5.00 Å². The number of nitro groups is 1. The highest BCUT2D eigenvalue weighted by Crippen LogP contribution is 2.30. The molecular weight excluding hydrogens is 294 g/mol. The molecule has 7 nitrogen and oxygen atoms in total. The van der Waals surface area contributed by atoms with Gasteiger partial charge < -0.3 is 9.72 Å². The SMILES string of the molecule is COC(=O)c1ccc2nc(-c3csc([N+](=O)[O-])c3)[nH]c2c1. The number of H-pyrrole nitrogens is 1. The van der Waals surface area contributed by atoms with Gasteiger partial charge in [0.2, 0.25) is 0 Å². The number of fused-ring (bicyclic) bond motifs is 1. The second-order valence-corrected chi connectivity index (χ2v) is 5.13. The van der Waals surface area contributed by atoms with Gasteiger partial charge in [-0.1, -0.05) is 11.3 Å². The number of benzene rings is 1. The van der Waals surface area contributed by atoms with E-state index in [1.807, 2.05) is 0 Å². The molecule has 0 spiro atoms. The number of carbonyl (C=O) groups is 1. The van der Waals surface area contributed by atoms with Crippen LogP contribution in [0.3, 0.4) is 0 Å². The summed E-state index contributed by atoms with van der Waals surface area (Å²) >= 11 is 1.04. The lowest BCUT2D eigenvalue weighted by molar-refractivity contribution is -0.380. The number of ether oxygens (including phenoxy) is 1. The van der Waals surface area contributed by atoms with E-state index in [0.717, 1.165) is 11.3 Å². The number of thiophene rings is 1. The van der Waals surface area contributed by atoms with Crippen LogP contribution in [0.4, 0.5) is 5.00 Å². The molecule has 0 unspecified atom stereocenters. The van der Waals surface area contributed by atoms with Gasteiger partial charge in [0.25, 0.3) is 0 Å². The Bertz CT molecular complexity index is 852. The minimum Gasteiger partial charge on any atom is -0.465 e. The van der Waals surface area contributed by atoms with Crippen molar-refractivity contribution >= 4 is 33.3 Å². The van der Waals surface area contributed by atoms with Gasteiger partial charge >= 0.3 is 11.0 Å². The minimum absolute atomic E-state index is 0.0562. The van der Waals surface area contributed by atoms with Gasteiger partial charge in [0.05, 0.1) is 28.6 Å². The summed E-state index contributed by atoms with van der Waals surface area (Å²) in [5.74, 6) is 0.0931. The summed E-state index contributed by atoms with van der Waals surface area (Å²) in [5.41, 5.74) is 2.40. The summed E-state index contributed by atoms with van der Waals surface area (Å²) in [4.78, 5) is 29.2. The van der Waals surface area contributed by atoms with Crippen LogP contribution in [0.25, 0.3) is 22.4 Å². The molecule has 0 bridgehead atoms. The maximum Gasteiger partial charge on any atom is 0.337 e. The van der Waals surface area contributed by atoms with E-state index in [2.05, 4.69) is 14.7 Å². The van der Waals surface area contributed by atoms with Crippen LogP contribution in [0.5, 0.6) is 0 Å². The first-order valence-corrected chi connectivity index (χ1v) is 6.78. The van der Waals surface area contributed by atoms with Crippen molar-refractivity contribution in [3.8, 4) is 11.4 Å². The van der Waals surface area contributed by atoms with Gasteiger partial charge in [0.1, 0.15) is 5.82 Å². The van der Waals surface area contributed by atoms with E-state index in [9.17, 15) is 14.9 Å². The van der Waals surface area contributed by atoms with E-state index in [4.69, 9.17) is 0 Å². The summed E-state index contributed by atoms with van der Waals surface area (Å²) < 4.78 is 4.66. The van der Waals surface area contributed by atoms with Crippen LogP contribution in [0.15, 0.2) is 29.6 Å². The first kappa shape index (κ1) is 13.3. The van der Waals surface area contributed by atoms with Crippen LogP contribution >= 0.6 is 11.3 Å². The molecule has 21 heavy (non-hydrogen) atoms. The Kier molecular flexibility index (Phi) is 3.15. The van der Waals surface area contributed by atoms with Crippen molar-refractivity contribution in [3.05, 3.63) is 45.3 Å². The zero-order valence-electron chi connectivity index (χ0n) is 10.8. The maximum absolute atomic E-state index is 11.5. The van der Waals surface area contributed by atoms with E-state index >= 15 is 0 Å². The topological polar surface area (TPSA) is 98.1 Å². The highest BCUT2D eigenvalue weighted by atomic mass is 32.1. The molecule has 8 heteroatoms. The molecule has 1 N–H and O–H groups in total. The molecule has 106 valence electrons. The van der Waals surface area contributed by atoms with Gasteiger partial charge in [-0.3, -0.25) is 10.1 Å². The van der Waals surface area contributed by atoms with E-state index in [1.54, 1.807) is 23.6 Å². The van der Waals surface area contributed by atoms with E-state index < -0.39 is 10.9 Å². The molecule has 3 aromatic rings. The van der Waals surface area contributed by atoms with Crippen LogP contribution in [-0.2, 0) is 4.74 Å². The fourth-order valence-corrected chi connectivity index (χ4v) is 2.64. The van der Waals surface area contributed by atoms with Crippen molar-refractivity contribution in [1.29, 1.82) is 0 Å². The second kappa shape index (κ2) is 4.98. The third-order valence-electron chi connectivity index (χ3n) is 2.94. The maximum atomic E-state index is 11.5. The van der Waals surface area contributed by atoms with Crippen molar-refractivity contribution in [2.75, 3.05) is 7.11 Å². The van der Waals surface area contributed by atoms with Gasteiger partial charge in [-0.2, -0.15) is 0 Å². The number of imidazole rings is 1. The summed E-state index contributed by atoms with van der Waals surface area (Å²) in [6, 6.07) is 6.42. The first-order valence-electron chi connectivity index (χ1n) is 5.90. The largest absolute Gasteiger partial charge is 0.465 e. The average molecular weight is 303 g/mol. The highest BCUT2D eigenvalue weighted by molar-refractivity contribution is 7.13. The number of nitrogens with zero attached hydrogens (tertiary/aromatic N) is 2. The van der Waals surface area contributed by atoms with E-state index in [1.165, 1.54) is 13.2 Å². The number of nitrogens with one attached hydrogen (secondary N) is 1. The summed E-state index contributed by atoms with van der Waals surface area (Å²) in [6.07, 6.45) is 0. The lowest BCUT2D eigenvalue weighted by Gasteiger charge is -1.97. The summed E-state index contributed by atoms with van der Waals surface area (Å²) in [7, 11) is 1.31. The molecule has 0 amide bonds. The molecular formula is C13H9N3O4S. The number of rotatable bonds is 3. The molecule has 0 aliphatic carbocycles. The molecule has 0 aliphatic rings. The number of aromatic amines is 1. The standard InChI is InChI=1S/C13H9N3O4S/c1-20-13(17)7-2-3-9-10(4-7)15-12(14-9)8-5-11(16(18)19)21-6-8/h2-6H,1H3,(H,14,15). The predicted molar refractivity (Wildman–Crippen MR) is 77.4 cm³/mol. The van der Waals surface area contributed by atoms with Crippen LogP contribution in [0.2, 0.25) is 0 Å². The first-order chi connectivity index (χ1) is 10.1. The van der Waals surface area contributed by atoms with Gasteiger partial charge in [0.15, 0.2) is 0 Å². The highest BCUT2D eigenvalue weighted by Gasteiger charge is 2.14. The quantitative estimate of drug-likeness (QED) is 0.455. The van der Waals surface area contributed by atoms with Crippen molar-refractivity contribution in [1.82, 2.24) is 9.97 Å². The molecule has 0 saturated heterocycles. The molecule has 3 rings (SSSR count). The molecule has 1 aromatic carbocycles. The fourth-order valence-electron chi connectivity index (χ4n) is 1.94. The Morgan fingerprint density at radius 1 is 1.43 bits per heavy atom. The third kappa shape index (κ3) is 2.36. The monoisotopic (exact) mass is 303 g/mol. The van der Waals surface area contributed by atoms with Crippen LogP contribution in [-0.4, -0.2) is 28.0 Å². The zero-order chi connectivity index (χ0) is 15.0. The fraction of sp³-hybridized carbons (Fsp3) is 0.0769. The van der Waals surface area contributed by atoms with Crippen molar-refractivity contribution in [2.45, 2.75) is 0 Å². The molecule has 0 fully saturated rings. The Balaban J connectivity index is 2.03.